The molecule has 0 aliphatic carbocycles. The fourth-order valence-electron chi connectivity index (χ4n) is 2.25. The molecule has 0 saturated carbocycles. The molecule has 1 N–H and O–H groups in total. The maximum atomic E-state index is 12.9. The van der Waals surface area contributed by atoms with Crippen LogP contribution >= 0.6 is 0 Å². The van der Waals surface area contributed by atoms with Gasteiger partial charge in [0.05, 0.1) is 4.90 Å². The summed E-state index contributed by atoms with van der Waals surface area (Å²) in [5.74, 6) is -0.621. The molecule has 1 aliphatic heterocycles. The van der Waals surface area contributed by atoms with Crippen molar-refractivity contribution in [2.75, 3.05) is 13.1 Å². The molecule has 1 amide bonds. The number of benzene rings is 1. The molecule has 0 aromatic heterocycles. The summed E-state index contributed by atoms with van der Waals surface area (Å²) in [6.45, 7) is 4.28. The summed E-state index contributed by atoms with van der Waals surface area (Å²) in [5, 5.41) is 2.87. The van der Waals surface area contributed by atoms with Gasteiger partial charge in [0.1, 0.15) is 5.82 Å². The fraction of sp³-hybridized carbons (Fsp3) is 0.438. The molecular formula is C16H21FN2O3S. The lowest BCUT2D eigenvalue weighted by atomic mass is 10.1. The summed E-state index contributed by atoms with van der Waals surface area (Å²) < 4.78 is 39.2. The summed E-state index contributed by atoms with van der Waals surface area (Å²) in [6, 6.07) is 4.83. The number of nitrogens with one attached hydrogen (secondary N) is 1. The number of rotatable bonds is 5. The van der Waals surface area contributed by atoms with Crippen molar-refractivity contribution in [3.8, 4) is 0 Å². The van der Waals surface area contributed by atoms with Crippen LogP contribution in [-0.2, 0) is 14.8 Å². The van der Waals surface area contributed by atoms with Crippen LogP contribution in [0.25, 0.3) is 0 Å². The van der Waals surface area contributed by atoms with E-state index in [1.54, 1.807) is 6.08 Å². The maximum absolute atomic E-state index is 12.9. The van der Waals surface area contributed by atoms with Crippen molar-refractivity contribution in [2.24, 2.45) is 0 Å². The first-order chi connectivity index (χ1) is 10.8. The Morgan fingerprint density at radius 2 is 2.00 bits per heavy atom. The minimum absolute atomic E-state index is 0.0554. The van der Waals surface area contributed by atoms with Crippen LogP contribution in [0.3, 0.4) is 0 Å². The van der Waals surface area contributed by atoms with E-state index in [-0.39, 0.29) is 29.9 Å². The SMILES string of the molecule is CC[C@H](C)NC(=O)C1=CCN(S(=O)(=O)c2ccc(F)cc2)CC1. The zero-order chi connectivity index (χ0) is 17.0. The molecule has 5 nitrogen and oxygen atoms in total. The quantitative estimate of drug-likeness (QED) is 0.892. The largest absolute Gasteiger partial charge is 0.350 e. The molecule has 1 aromatic rings. The Morgan fingerprint density at radius 3 is 2.52 bits per heavy atom. The molecule has 0 spiro atoms. The molecule has 0 saturated heterocycles. The maximum Gasteiger partial charge on any atom is 0.247 e. The van der Waals surface area contributed by atoms with Crippen molar-refractivity contribution in [1.82, 2.24) is 9.62 Å². The Morgan fingerprint density at radius 1 is 1.35 bits per heavy atom. The van der Waals surface area contributed by atoms with Crippen LogP contribution in [0.4, 0.5) is 4.39 Å². The minimum atomic E-state index is -3.67. The number of halogens is 1. The van der Waals surface area contributed by atoms with E-state index in [9.17, 15) is 17.6 Å². The highest BCUT2D eigenvalue weighted by atomic mass is 32.2. The number of carbonyl (C=O) groups excluding carboxylic acids is 1. The van der Waals surface area contributed by atoms with Gasteiger partial charge in [-0.25, -0.2) is 12.8 Å². The van der Waals surface area contributed by atoms with Gasteiger partial charge in [0, 0.05) is 24.7 Å². The van der Waals surface area contributed by atoms with E-state index >= 15 is 0 Å². The summed E-state index contributed by atoms with van der Waals surface area (Å²) >= 11 is 0. The Labute approximate surface area is 136 Å². The van der Waals surface area contributed by atoms with Gasteiger partial charge < -0.3 is 5.32 Å². The van der Waals surface area contributed by atoms with Crippen LogP contribution in [0.2, 0.25) is 0 Å². The van der Waals surface area contributed by atoms with Crippen molar-refractivity contribution < 1.29 is 17.6 Å². The van der Waals surface area contributed by atoms with Crippen molar-refractivity contribution in [3.63, 3.8) is 0 Å². The molecule has 126 valence electrons. The predicted molar refractivity (Wildman–Crippen MR) is 85.8 cm³/mol. The molecule has 0 radical (unpaired) electrons. The average molecular weight is 340 g/mol. The number of amides is 1. The van der Waals surface area contributed by atoms with Gasteiger partial charge in [-0.1, -0.05) is 13.0 Å². The summed E-state index contributed by atoms with van der Waals surface area (Å²) in [4.78, 5) is 12.1. The third-order valence-electron chi connectivity index (χ3n) is 3.90. The number of nitrogens with zero attached hydrogens (tertiary/aromatic N) is 1. The topological polar surface area (TPSA) is 66.5 Å². The first-order valence-corrected chi connectivity index (χ1v) is 9.04. The standard InChI is InChI=1S/C16H21FN2O3S/c1-3-12(2)18-16(20)13-8-10-19(11-9-13)23(21,22)15-6-4-14(17)5-7-15/h4-8,12H,3,9-11H2,1-2H3,(H,18,20)/t12-/m0/s1. The second-order valence-corrected chi connectivity index (χ2v) is 7.52. The molecule has 7 heteroatoms. The summed E-state index contributed by atoms with van der Waals surface area (Å²) in [5.41, 5.74) is 0.607. The van der Waals surface area contributed by atoms with E-state index in [2.05, 4.69) is 5.32 Å². The van der Waals surface area contributed by atoms with Crippen LogP contribution in [0.15, 0.2) is 40.8 Å². The van der Waals surface area contributed by atoms with Crippen LogP contribution in [-0.4, -0.2) is 37.8 Å². The zero-order valence-corrected chi connectivity index (χ0v) is 14.1. The zero-order valence-electron chi connectivity index (χ0n) is 13.3. The minimum Gasteiger partial charge on any atom is -0.350 e. The molecule has 2 rings (SSSR count). The number of hydrogen-bond donors (Lipinski definition) is 1. The Kier molecular flexibility index (Phi) is 5.54. The van der Waals surface area contributed by atoms with Gasteiger partial charge in [-0.2, -0.15) is 4.31 Å². The smallest absolute Gasteiger partial charge is 0.247 e. The van der Waals surface area contributed by atoms with Crippen LogP contribution in [0.5, 0.6) is 0 Å². The van der Waals surface area contributed by atoms with E-state index in [1.807, 2.05) is 13.8 Å². The van der Waals surface area contributed by atoms with Crippen molar-refractivity contribution in [2.45, 2.75) is 37.6 Å². The molecule has 0 bridgehead atoms. The molecular weight excluding hydrogens is 319 g/mol. The van der Waals surface area contributed by atoms with E-state index in [0.29, 0.717) is 12.0 Å². The molecule has 1 aliphatic rings. The number of hydrogen-bond acceptors (Lipinski definition) is 3. The first-order valence-electron chi connectivity index (χ1n) is 7.60. The molecule has 0 unspecified atom stereocenters. The van der Waals surface area contributed by atoms with Gasteiger partial charge in [0.25, 0.3) is 0 Å². The monoisotopic (exact) mass is 340 g/mol. The van der Waals surface area contributed by atoms with Crippen LogP contribution in [0, 0.1) is 5.82 Å². The Hall–Kier alpha value is -1.73. The van der Waals surface area contributed by atoms with Gasteiger partial charge in [-0.05, 0) is 44.0 Å². The lowest BCUT2D eigenvalue weighted by Gasteiger charge is -2.26. The summed E-state index contributed by atoms with van der Waals surface area (Å²) in [7, 11) is -3.67. The molecule has 23 heavy (non-hydrogen) atoms. The first kappa shape index (κ1) is 17.6. The highest BCUT2D eigenvalue weighted by molar-refractivity contribution is 7.89. The highest BCUT2D eigenvalue weighted by Crippen LogP contribution is 2.21. The second-order valence-electron chi connectivity index (χ2n) is 5.58. The van der Waals surface area contributed by atoms with Gasteiger partial charge in [0.2, 0.25) is 15.9 Å². The number of carbonyl (C=O) groups is 1. The lowest BCUT2D eigenvalue weighted by Crippen LogP contribution is -2.39. The molecule has 1 heterocycles. The number of sulfonamides is 1. The van der Waals surface area contributed by atoms with E-state index in [0.717, 1.165) is 18.6 Å². The van der Waals surface area contributed by atoms with E-state index in [1.165, 1.54) is 16.4 Å². The third-order valence-corrected chi connectivity index (χ3v) is 5.78. The van der Waals surface area contributed by atoms with E-state index < -0.39 is 15.8 Å². The van der Waals surface area contributed by atoms with Gasteiger partial charge in [-0.3, -0.25) is 4.79 Å². The van der Waals surface area contributed by atoms with Crippen LogP contribution < -0.4 is 5.32 Å². The average Bonchev–Trinajstić information content (AvgIpc) is 2.55. The lowest BCUT2D eigenvalue weighted by molar-refractivity contribution is -0.118. The van der Waals surface area contributed by atoms with Gasteiger partial charge in [0.15, 0.2) is 0 Å². The van der Waals surface area contributed by atoms with Crippen molar-refractivity contribution in [1.29, 1.82) is 0 Å². The predicted octanol–water partition coefficient (Wildman–Crippen LogP) is 2.06. The van der Waals surface area contributed by atoms with Crippen molar-refractivity contribution in [3.05, 3.63) is 41.7 Å². The normalized spacial score (nSPS) is 17.4. The molecule has 1 aromatic carbocycles. The van der Waals surface area contributed by atoms with E-state index in [4.69, 9.17) is 0 Å². The highest BCUT2D eigenvalue weighted by Gasteiger charge is 2.27. The molecule has 0 fully saturated rings. The van der Waals surface area contributed by atoms with Crippen molar-refractivity contribution >= 4 is 15.9 Å². The Bertz CT molecular complexity index is 699. The summed E-state index contributed by atoms with van der Waals surface area (Å²) in [6.07, 6.45) is 2.84. The van der Waals surface area contributed by atoms with Gasteiger partial charge in [-0.15, -0.1) is 0 Å². The second kappa shape index (κ2) is 7.23. The van der Waals surface area contributed by atoms with Gasteiger partial charge >= 0.3 is 0 Å². The van der Waals surface area contributed by atoms with Crippen LogP contribution in [0.1, 0.15) is 26.7 Å². The third kappa shape index (κ3) is 4.17. The fourth-order valence-corrected chi connectivity index (χ4v) is 3.63. The molecule has 1 atom stereocenters. The Balaban J connectivity index is 2.08.